The van der Waals surface area contributed by atoms with Crippen LogP contribution in [-0.4, -0.2) is 85.2 Å². The van der Waals surface area contributed by atoms with Gasteiger partial charge in [0.1, 0.15) is 6.10 Å². The second kappa shape index (κ2) is 19.1. The van der Waals surface area contributed by atoms with Crippen molar-refractivity contribution < 1.29 is 33.8 Å². The number of ketones is 2. The minimum absolute atomic E-state index is 0.0667. The van der Waals surface area contributed by atoms with Crippen molar-refractivity contribution in [1.29, 1.82) is 0 Å². The van der Waals surface area contributed by atoms with Crippen molar-refractivity contribution in [2.45, 2.75) is 91.5 Å². The lowest BCUT2D eigenvalue weighted by Gasteiger charge is -2.25. The van der Waals surface area contributed by atoms with Crippen LogP contribution in [0, 0.1) is 5.92 Å². The highest BCUT2D eigenvalue weighted by Gasteiger charge is 2.30. The van der Waals surface area contributed by atoms with Gasteiger partial charge in [0.25, 0.3) is 5.91 Å². The predicted molar refractivity (Wildman–Crippen MR) is 174 cm³/mol. The molecule has 250 valence electrons. The van der Waals surface area contributed by atoms with E-state index in [2.05, 4.69) is 15.5 Å². The second-order valence-electron chi connectivity index (χ2n) is 11.4. The van der Waals surface area contributed by atoms with E-state index < -0.39 is 36.1 Å². The Morgan fingerprint density at radius 2 is 1.82 bits per heavy atom. The van der Waals surface area contributed by atoms with Crippen molar-refractivity contribution in [3.8, 4) is 0 Å². The molecule has 11 nitrogen and oxygen atoms in total. The molecular formula is C34H52N4O7. The Morgan fingerprint density at radius 1 is 1.13 bits per heavy atom. The lowest BCUT2D eigenvalue weighted by Crippen LogP contribution is -2.37. The van der Waals surface area contributed by atoms with E-state index in [4.69, 9.17) is 15.2 Å². The highest BCUT2D eigenvalue weighted by molar-refractivity contribution is 6.23. The number of primary amides is 1. The summed E-state index contributed by atoms with van der Waals surface area (Å²) in [6.45, 7) is 12.6. The van der Waals surface area contributed by atoms with Crippen molar-refractivity contribution in [2.75, 3.05) is 33.3 Å². The van der Waals surface area contributed by atoms with Crippen LogP contribution >= 0.6 is 0 Å². The minimum atomic E-state index is -0.969. The maximum Gasteiger partial charge on any atom is 0.405 e. The van der Waals surface area contributed by atoms with E-state index in [-0.39, 0.29) is 28.7 Å². The third-order valence-corrected chi connectivity index (χ3v) is 8.10. The number of rotatable bonds is 6. The van der Waals surface area contributed by atoms with Gasteiger partial charge in [0.15, 0.2) is 6.10 Å². The molecule has 0 spiro atoms. The summed E-state index contributed by atoms with van der Waals surface area (Å²) in [5, 5.41) is 16.7. The summed E-state index contributed by atoms with van der Waals surface area (Å²) in [6, 6.07) is 0. The first-order valence-electron chi connectivity index (χ1n) is 16.0. The van der Waals surface area contributed by atoms with Gasteiger partial charge in [-0.1, -0.05) is 51.5 Å². The molecule has 0 saturated carbocycles. The predicted octanol–water partition coefficient (Wildman–Crippen LogP) is 3.60. The van der Waals surface area contributed by atoms with Gasteiger partial charge in [-0.25, -0.2) is 4.79 Å². The molecule has 2 aliphatic heterocycles. The van der Waals surface area contributed by atoms with Gasteiger partial charge in [0.05, 0.1) is 17.5 Å². The standard InChI is InChI=1S/C32H46N4O7.C2H6/c1-20-10-9-13-27(42-4)30(43-32(33)41)22(3)18-21(2)25(37)12-6-5-11-23-28(34-14-17-36-15-7-8-16-36)26(38)19-24(29(23)39)35-31(20)40;1-2/h9-10,13,18-19,21,25,27,30,34,37H,5-8,11-12,14-17H2,1-4H3,(H2,33,41)(H,35,40);1-2H3/b13-9-,20-10+,22-18+;. The van der Waals surface area contributed by atoms with Crippen LogP contribution in [0.2, 0.25) is 0 Å². The number of carbonyl (C=O) groups excluding carboxylic acids is 4. The lowest BCUT2D eigenvalue weighted by atomic mass is 9.91. The number of aliphatic hydroxyl groups is 1. The summed E-state index contributed by atoms with van der Waals surface area (Å²) in [4.78, 5) is 53.7. The topological polar surface area (TPSA) is 160 Å². The Balaban J connectivity index is 0.00000345. The summed E-state index contributed by atoms with van der Waals surface area (Å²) in [7, 11) is 1.45. The number of Topliss-reactive ketones (excluding diaryl/α,β-unsaturated/α-hetero) is 1. The van der Waals surface area contributed by atoms with Crippen molar-refractivity contribution in [1.82, 2.24) is 15.5 Å². The molecule has 4 unspecified atom stereocenters. The van der Waals surface area contributed by atoms with Gasteiger partial charge in [-0.2, -0.15) is 0 Å². The Labute approximate surface area is 267 Å². The number of amides is 2. The molecule has 2 bridgehead atoms. The monoisotopic (exact) mass is 628 g/mol. The molecule has 45 heavy (non-hydrogen) atoms. The first-order valence-corrected chi connectivity index (χ1v) is 16.0. The van der Waals surface area contributed by atoms with Crippen LogP contribution < -0.4 is 16.4 Å². The van der Waals surface area contributed by atoms with Gasteiger partial charge < -0.3 is 35.8 Å². The van der Waals surface area contributed by atoms with Gasteiger partial charge in [-0.05, 0) is 64.6 Å². The van der Waals surface area contributed by atoms with Crippen LogP contribution in [0.15, 0.2) is 58.5 Å². The van der Waals surface area contributed by atoms with E-state index >= 15 is 0 Å². The Kier molecular flexibility index (Phi) is 16.0. The normalized spacial score (nSPS) is 28.9. The van der Waals surface area contributed by atoms with Gasteiger partial charge in [-0.15, -0.1) is 0 Å². The summed E-state index contributed by atoms with van der Waals surface area (Å²) < 4.78 is 10.9. The summed E-state index contributed by atoms with van der Waals surface area (Å²) in [5.74, 6) is -1.56. The van der Waals surface area contributed by atoms with Gasteiger partial charge in [0.2, 0.25) is 11.6 Å². The zero-order chi connectivity index (χ0) is 33.5. The summed E-state index contributed by atoms with van der Waals surface area (Å²) in [6.07, 6.45) is 8.74. The number of nitrogens with one attached hydrogen (secondary N) is 2. The number of hydrogen-bond acceptors (Lipinski definition) is 9. The fraction of sp³-hybridized carbons (Fsp3) is 0.588. The van der Waals surface area contributed by atoms with E-state index in [9.17, 15) is 24.3 Å². The molecule has 1 fully saturated rings. The Hall–Kier alpha value is -3.54. The number of nitrogens with zero attached hydrogens (tertiary/aromatic N) is 1. The molecule has 0 aromatic carbocycles. The van der Waals surface area contributed by atoms with Crippen molar-refractivity contribution in [2.24, 2.45) is 11.7 Å². The molecule has 1 aliphatic carbocycles. The van der Waals surface area contributed by atoms with Gasteiger partial charge in [-0.3, -0.25) is 14.4 Å². The minimum Gasteiger partial charge on any atom is -0.439 e. The zero-order valence-electron chi connectivity index (χ0n) is 27.7. The molecule has 3 rings (SSSR count). The molecule has 4 atom stereocenters. The number of fused-ring (bicyclic) bond motifs is 2. The van der Waals surface area contributed by atoms with Gasteiger partial charge in [0, 0.05) is 43.3 Å². The fourth-order valence-electron chi connectivity index (χ4n) is 5.56. The molecule has 3 aliphatic rings. The number of nitrogens with two attached hydrogens (primary N) is 1. The smallest absolute Gasteiger partial charge is 0.405 e. The average Bonchev–Trinajstić information content (AvgIpc) is 3.53. The van der Waals surface area contributed by atoms with Crippen LogP contribution in [0.3, 0.4) is 0 Å². The van der Waals surface area contributed by atoms with E-state index in [0.717, 1.165) is 32.5 Å². The molecule has 2 amide bonds. The summed E-state index contributed by atoms with van der Waals surface area (Å²) >= 11 is 0. The number of hydrogen-bond donors (Lipinski definition) is 4. The Morgan fingerprint density at radius 3 is 2.47 bits per heavy atom. The van der Waals surface area contributed by atoms with Crippen LogP contribution in [0.1, 0.15) is 73.1 Å². The van der Waals surface area contributed by atoms with Crippen molar-refractivity contribution >= 4 is 23.6 Å². The molecule has 0 aromatic heterocycles. The zero-order valence-corrected chi connectivity index (χ0v) is 27.7. The number of methoxy groups -OCH3 is 1. The lowest BCUT2D eigenvalue weighted by molar-refractivity contribution is -0.120. The third kappa shape index (κ3) is 11.4. The van der Waals surface area contributed by atoms with Crippen molar-refractivity contribution in [3.63, 3.8) is 0 Å². The van der Waals surface area contributed by atoms with E-state index in [1.165, 1.54) is 19.3 Å². The number of likely N-dealkylation sites (tertiary alicyclic amines) is 1. The third-order valence-electron chi connectivity index (χ3n) is 8.10. The molecule has 0 aromatic rings. The second-order valence-corrected chi connectivity index (χ2v) is 11.4. The first-order chi connectivity index (χ1) is 21.5. The maximum atomic E-state index is 13.6. The summed E-state index contributed by atoms with van der Waals surface area (Å²) in [5.41, 5.74) is 6.82. The first kappa shape index (κ1) is 37.6. The molecule has 5 N–H and O–H groups in total. The van der Waals surface area contributed by atoms with Gasteiger partial charge >= 0.3 is 6.09 Å². The van der Waals surface area contributed by atoms with Crippen molar-refractivity contribution in [3.05, 3.63) is 58.5 Å². The van der Waals surface area contributed by atoms with Crippen LogP contribution in [0.4, 0.5) is 4.79 Å². The number of allylic oxidation sites excluding steroid dienone is 4. The Bertz CT molecular complexity index is 1210. The van der Waals surface area contributed by atoms with Crippen LogP contribution in [-0.2, 0) is 23.9 Å². The molecule has 11 heteroatoms. The number of aliphatic hydroxyl groups excluding tert-OH is 1. The fourth-order valence-corrected chi connectivity index (χ4v) is 5.56. The number of ether oxygens (including phenoxy) is 2. The maximum absolute atomic E-state index is 13.6. The SMILES string of the molecule is CC.COC1/C=C\C=C(/C)C(=O)NC2=CC(=O)C(NCCN3CCCC3)=C(CCCCC(O)C(C)/C=C(\C)C1OC(N)=O)C2=O. The van der Waals surface area contributed by atoms with E-state index in [1.807, 2.05) is 26.8 Å². The highest BCUT2D eigenvalue weighted by Crippen LogP contribution is 2.25. The van der Waals surface area contributed by atoms with E-state index in [1.54, 1.807) is 26.0 Å². The largest absolute Gasteiger partial charge is 0.439 e. The van der Waals surface area contributed by atoms with Crippen LogP contribution in [0.25, 0.3) is 0 Å². The average molecular weight is 629 g/mol. The quantitative estimate of drug-likeness (QED) is 0.255. The van der Waals surface area contributed by atoms with E-state index in [0.29, 0.717) is 43.4 Å². The molecule has 1 saturated heterocycles. The molecular weight excluding hydrogens is 576 g/mol. The molecule has 0 radical (unpaired) electrons. The number of carbonyl (C=O) groups is 4. The highest BCUT2D eigenvalue weighted by atomic mass is 16.6. The van der Waals surface area contributed by atoms with Crippen LogP contribution in [0.5, 0.6) is 0 Å². The molecule has 2 heterocycles.